The third-order valence-electron chi connectivity index (χ3n) is 5.06. The summed E-state index contributed by atoms with van der Waals surface area (Å²) in [6, 6.07) is 12.3. The number of carbonyl (C=O) groups is 1. The summed E-state index contributed by atoms with van der Waals surface area (Å²) in [4.78, 5) is 17.5. The van der Waals surface area contributed by atoms with E-state index in [1.807, 2.05) is 29.7 Å². The molecule has 0 saturated heterocycles. The first kappa shape index (κ1) is 15.9. The molecular formula is C21H23N3O. The summed E-state index contributed by atoms with van der Waals surface area (Å²) in [6.45, 7) is 4.12. The maximum Gasteiger partial charge on any atom is 0.228 e. The zero-order chi connectivity index (χ0) is 17.4. The summed E-state index contributed by atoms with van der Waals surface area (Å²) in [7, 11) is 0. The second kappa shape index (κ2) is 6.36. The Balaban J connectivity index is 1.80. The maximum atomic E-state index is 12.7. The molecule has 2 aromatic heterocycles. The number of benzene rings is 1. The van der Waals surface area contributed by atoms with Gasteiger partial charge in [0.05, 0.1) is 0 Å². The van der Waals surface area contributed by atoms with Crippen LogP contribution in [0.4, 0.5) is 5.82 Å². The number of hydrogen-bond acceptors (Lipinski definition) is 2. The zero-order valence-electron chi connectivity index (χ0n) is 14.7. The fourth-order valence-corrected chi connectivity index (χ4v) is 3.59. The van der Waals surface area contributed by atoms with Gasteiger partial charge in [0.2, 0.25) is 5.91 Å². The van der Waals surface area contributed by atoms with E-state index in [-0.39, 0.29) is 11.8 Å². The molecular weight excluding hydrogens is 310 g/mol. The summed E-state index contributed by atoms with van der Waals surface area (Å²) in [5, 5.41) is 3.18. The van der Waals surface area contributed by atoms with Crippen LogP contribution in [0.1, 0.15) is 36.8 Å². The van der Waals surface area contributed by atoms with Crippen molar-refractivity contribution in [2.24, 2.45) is 5.92 Å². The fraction of sp³-hybridized carbons (Fsp3) is 0.333. The second-order valence-corrected chi connectivity index (χ2v) is 7.08. The highest BCUT2D eigenvalue weighted by atomic mass is 16.2. The van der Waals surface area contributed by atoms with Crippen molar-refractivity contribution in [1.29, 1.82) is 0 Å². The molecule has 1 aliphatic rings. The summed E-state index contributed by atoms with van der Waals surface area (Å²) >= 11 is 0. The van der Waals surface area contributed by atoms with Crippen LogP contribution in [0.2, 0.25) is 0 Å². The van der Waals surface area contributed by atoms with E-state index >= 15 is 0 Å². The minimum absolute atomic E-state index is 0.120. The van der Waals surface area contributed by atoms with Crippen molar-refractivity contribution >= 4 is 17.4 Å². The Morgan fingerprint density at radius 3 is 2.44 bits per heavy atom. The van der Waals surface area contributed by atoms with Crippen molar-refractivity contribution in [1.82, 2.24) is 9.38 Å². The molecule has 0 aliphatic heterocycles. The summed E-state index contributed by atoms with van der Waals surface area (Å²) in [5.74, 6) is 1.02. The van der Waals surface area contributed by atoms with Gasteiger partial charge in [-0.15, -0.1) is 0 Å². The lowest BCUT2D eigenvalue weighted by Gasteiger charge is -2.12. The molecule has 4 heteroatoms. The molecule has 0 atom stereocenters. The summed E-state index contributed by atoms with van der Waals surface area (Å²) in [6.07, 6.45) is 6.30. The highest BCUT2D eigenvalue weighted by molar-refractivity contribution is 5.96. The number of aryl methyl sites for hydroxylation is 2. The van der Waals surface area contributed by atoms with E-state index in [0.29, 0.717) is 0 Å². The average molecular weight is 333 g/mol. The van der Waals surface area contributed by atoms with Crippen LogP contribution in [-0.2, 0) is 4.79 Å². The minimum Gasteiger partial charge on any atom is -0.310 e. The fourth-order valence-electron chi connectivity index (χ4n) is 3.59. The summed E-state index contributed by atoms with van der Waals surface area (Å²) < 4.78 is 2.00. The van der Waals surface area contributed by atoms with Crippen molar-refractivity contribution in [2.75, 3.05) is 5.32 Å². The van der Waals surface area contributed by atoms with Crippen molar-refractivity contribution in [3.8, 4) is 11.3 Å². The molecule has 0 bridgehead atoms. The molecule has 0 spiro atoms. The molecule has 0 unspecified atom stereocenters. The Morgan fingerprint density at radius 2 is 1.72 bits per heavy atom. The smallest absolute Gasteiger partial charge is 0.228 e. The first-order valence-electron chi connectivity index (χ1n) is 8.98. The van der Waals surface area contributed by atoms with E-state index in [1.165, 1.54) is 5.56 Å². The van der Waals surface area contributed by atoms with Gasteiger partial charge in [0, 0.05) is 17.7 Å². The van der Waals surface area contributed by atoms with Crippen molar-refractivity contribution < 1.29 is 4.79 Å². The number of anilines is 1. The van der Waals surface area contributed by atoms with Gasteiger partial charge in [0.25, 0.3) is 0 Å². The van der Waals surface area contributed by atoms with Gasteiger partial charge < -0.3 is 5.32 Å². The van der Waals surface area contributed by atoms with E-state index < -0.39 is 0 Å². The summed E-state index contributed by atoms with van der Waals surface area (Å²) in [5.41, 5.74) is 5.05. The Labute approximate surface area is 147 Å². The van der Waals surface area contributed by atoms with Crippen LogP contribution >= 0.6 is 0 Å². The highest BCUT2D eigenvalue weighted by Crippen LogP contribution is 2.31. The Morgan fingerprint density at radius 1 is 1.04 bits per heavy atom. The van der Waals surface area contributed by atoms with Crippen molar-refractivity contribution in [3.63, 3.8) is 0 Å². The maximum absolute atomic E-state index is 12.7. The topological polar surface area (TPSA) is 46.4 Å². The van der Waals surface area contributed by atoms with Crippen molar-refractivity contribution in [2.45, 2.75) is 39.5 Å². The minimum atomic E-state index is 0.120. The zero-order valence-corrected chi connectivity index (χ0v) is 14.7. The SMILES string of the molecule is Cc1ccc(-c2nc3ccc(C)cn3c2NC(=O)C2CCCC2)cc1. The number of nitrogens with zero attached hydrogens (tertiary/aromatic N) is 2. The predicted octanol–water partition coefficient (Wildman–Crippen LogP) is 4.75. The molecule has 25 heavy (non-hydrogen) atoms. The molecule has 128 valence electrons. The quantitative estimate of drug-likeness (QED) is 0.752. The van der Waals surface area contributed by atoms with Crippen molar-refractivity contribution in [3.05, 3.63) is 53.7 Å². The molecule has 1 N–H and O–H groups in total. The average Bonchev–Trinajstić information content (AvgIpc) is 3.24. The monoisotopic (exact) mass is 333 g/mol. The molecule has 1 aromatic carbocycles. The van der Waals surface area contributed by atoms with E-state index in [1.54, 1.807) is 0 Å². The first-order valence-corrected chi connectivity index (χ1v) is 8.98. The number of rotatable bonds is 3. The normalized spacial score (nSPS) is 15.0. The lowest BCUT2D eigenvalue weighted by atomic mass is 10.1. The number of nitrogens with one attached hydrogen (secondary N) is 1. The standard InChI is InChI=1S/C21H23N3O/c1-14-7-10-16(11-8-14)19-20(23-21(25)17-5-3-4-6-17)24-13-15(2)9-12-18(24)22-19/h7-13,17H,3-6H2,1-2H3,(H,23,25). The molecule has 1 saturated carbocycles. The number of pyridine rings is 1. The van der Waals surface area contributed by atoms with Gasteiger partial charge >= 0.3 is 0 Å². The molecule has 1 amide bonds. The molecule has 0 radical (unpaired) electrons. The second-order valence-electron chi connectivity index (χ2n) is 7.08. The van der Waals surface area contributed by atoms with E-state index in [0.717, 1.165) is 54.0 Å². The van der Waals surface area contributed by atoms with Gasteiger partial charge in [-0.25, -0.2) is 4.98 Å². The van der Waals surface area contributed by atoms with Crippen LogP contribution in [-0.4, -0.2) is 15.3 Å². The molecule has 4 nitrogen and oxygen atoms in total. The van der Waals surface area contributed by atoms with Gasteiger partial charge in [-0.2, -0.15) is 0 Å². The Kier molecular flexibility index (Phi) is 4.04. The number of imidazole rings is 1. The number of carbonyl (C=O) groups excluding carboxylic acids is 1. The molecule has 2 heterocycles. The lowest BCUT2D eigenvalue weighted by molar-refractivity contribution is -0.119. The van der Waals surface area contributed by atoms with Gasteiger partial charge in [-0.3, -0.25) is 9.20 Å². The van der Waals surface area contributed by atoms with Crippen LogP contribution < -0.4 is 5.32 Å². The van der Waals surface area contributed by atoms with Crippen LogP contribution in [0.15, 0.2) is 42.6 Å². The number of amides is 1. The number of aromatic nitrogens is 2. The molecule has 1 aliphatic carbocycles. The van der Waals surface area contributed by atoms with Gasteiger partial charge in [0.1, 0.15) is 17.2 Å². The molecule has 4 rings (SSSR count). The molecule has 3 aromatic rings. The van der Waals surface area contributed by atoms with E-state index in [4.69, 9.17) is 4.98 Å². The Hall–Kier alpha value is -2.62. The van der Waals surface area contributed by atoms with Gasteiger partial charge in [-0.1, -0.05) is 48.7 Å². The van der Waals surface area contributed by atoms with Gasteiger partial charge in [0.15, 0.2) is 0 Å². The highest BCUT2D eigenvalue weighted by Gasteiger charge is 2.25. The van der Waals surface area contributed by atoms with Crippen LogP contribution in [0.5, 0.6) is 0 Å². The van der Waals surface area contributed by atoms with Crippen LogP contribution in [0, 0.1) is 19.8 Å². The first-order chi connectivity index (χ1) is 12.1. The largest absolute Gasteiger partial charge is 0.310 e. The van der Waals surface area contributed by atoms with Crippen LogP contribution in [0.3, 0.4) is 0 Å². The lowest BCUT2D eigenvalue weighted by Crippen LogP contribution is -2.21. The third kappa shape index (κ3) is 3.04. The van der Waals surface area contributed by atoms with Crippen LogP contribution in [0.25, 0.3) is 16.9 Å². The number of fused-ring (bicyclic) bond motifs is 1. The third-order valence-corrected chi connectivity index (χ3v) is 5.06. The van der Waals surface area contributed by atoms with Gasteiger partial charge in [-0.05, 0) is 38.3 Å². The number of hydrogen-bond donors (Lipinski definition) is 1. The van der Waals surface area contributed by atoms with E-state index in [9.17, 15) is 4.79 Å². The Bertz CT molecular complexity index is 918. The molecule has 1 fully saturated rings. The van der Waals surface area contributed by atoms with E-state index in [2.05, 4.69) is 36.5 Å². The predicted molar refractivity (Wildman–Crippen MR) is 101 cm³/mol.